The summed E-state index contributed by atoms with van der Waals surface area (Å²) in [5.41, 5.74) is 4.90. The highest BCUT2D eigenvalue weighted by atomic mass is 35.5. The number of aliphatic hydroxyl groups is 2. The highest BCUT2D eigenvalue weighted by Crippen LogP contribution is 2.33. The third-order valence-corrected chi connectivity index (χ3v) is 6.53. The summed E-state index contributed by atoms with van der Waals surface area (Å²) in [5.74, 6) is 1.39. The molecule has 10 heteroatoms. The molecular weight excluding hydrogens is 484 g/mol. The molecule has 0 saturated heterocycles. The molecule has 0 saturated carbocycles. The molecule has 36 heavy (non-hydrogen) atoms. The van der Waals surface area contributed by atoms with Gasteiger partial charge in [-0.25, -0.2) is 0 Å². The van der Waals surface area contributed by atoms with Crippen LogP contribution in [0.25, 0.3) is 22.8 Å². The lowest BCUT2D eigenvalue weighted by atomic mass is 9.91. The van der Waals surface area contributed by atoms with E-state index in [-0.39, 0.29) is 31.8 Å². The third kappa shape index (κ3) is 5.70. The maximum absolute atomic E-state index is 12.6. The van der Waals surface area contributed by atoms with E-state index in [0.29, 0.717) is 47.6 Å². The van der Waals surface area contributed by atoms with Gasteiger partial charge in [0.1, 0.15) is 5.75 Å². The first-order chi connectivity index (χ1) is 17.3. The van der Waals surface area contributed by atoms with E-state index in [1.807, 2.05) is 39.0 Å². The Kier molecular flexibility index (Phi) is 8.25. The van der Waals surface area contributed by atoms with E-state index in [1.54, 1.807) is 17.0 Å². The summed E-state index contributed by atoms with van der Waals surface area (Å²) in [4.78, 5) is 19.0. The van der Waals surface area contributed by atoms with Gasteiger partial charge in [0.25, 0.3) is 5.89 Å². The number of amides is 1. The molecule has 0 aliphatic carbocycles. The highest BCUT2D eigenvalue weighted by molar-refractivity contribution is 6.32. The molecule has 1 aliphatic heterocycles. The van der Waals surface area contributed by atoms with E-state index < -0.39 is 6.04 Å². The van der Waals surface area contributed by atoms with E-state index in [9.17, 15) is 15.0 Å². The van der Waals surface area contributed by atoms with E-state index in [4.69, 9.17) is 20.9 Å². The summed E-state index contributed by atoms with van der Waals surface area (Å²) in [6.45, 7) is 6.61. The van der Waals surface area contributed by atoms with Gasteiger partial charge < -0.3 is 29.7 Å². The first kappa shape index (κ1) is 26.1. The van der Waals surface area contributed by atoms with Crippen LogP contribution in [0.1, 0.15) is 30.5 Å². The molecule has 2 aromatic carbocycles. The Hall–Kier alpha value is -2.98. The van der Waals surface area contributed by atoms with Gasteiger partial charge in [-0.2, -0.15) is 4.98 Å². The number of aliphatic hydroxyl groups excluding tert-OH is 2. The molecule has 192 valence electrons. The minimum atomic E-state index is -0.502. The second-order valence-corrected chi connectivity index (χ2v) is 9.53. The van der Waals surface area contributed by atoms with Crippen molar-refractivity contribution in [2.45, 2.75) is 45.9 Å². The Bertz CT molecular complexity index is 1230. The number of nitrogens with zero attached hydrogens (tertiary/aromatic N) is 3. The Morgan fingerprint density at radius 2 is 2.03 bits per heavy atom. The Morgan fingerprint density at radius 3 is 2.72 bits per heavy atom. The number of carbonyl (C=O) groups is 1. The lowest BCUT2D eigenvalue weighted by Crippen LogP contribution is -2.45. The van der Waals surface area contributed by atoms with Crippen molar-refractivity contribution in [2.24, 2.45) is 0 Å². The molecule has 0 radical (unpaired) electrons. The first-order valence-electron chi connectivity index (χ1n) is 12.0. The Balaban J connectivity index is 1.49. The molecule has 0 atom stereocenters. The quantitative estimate of drug-likeness (QED) is 0.398. The van der Waals surface area contributed by atoms with Crippen LogP contribution in [0, 0.1) is 6.92 Å². The largest absolute Gasteiger partial charge is 0.489 e. The van der Waals surface area contributed by atoms with Crippen LogP contribution in [-0.2, 0) is 17.8 Å². The normalized spacial score (nSPS) is 13.4. The van der Waals surface area contributed by atoms with Crippen LogP contribution in [0.15, 0.2) is 34.9 Å². The molecule has 2 heterocycles. The maximum atomic E-state index is 12.6. The van der Waals surface area contributed by atoms with E-state index in [2.05, 4.69) is 15.5 Å². The first-order valence-corrected chi connectivity index (χ1v) is 12.3. The highest BCUT2D eigenvalue weighted by Gasteiger charge is 2.24. The smallest absolute Gasteiger partial charge is 0.258 e. The van der Waals surface area contributed by atoms with Gasteiger partial charge in [0.15, 0.2) is 0 Å². The zero-order valence-corrected chi connectivity index (χ0v) is 21.4. The molecule has 3 aromatic rings. The van der Waals surface area contributed by atoms with Gasteiger partial charge in [0.05, 0.1) is 36.9 Å². The zero-order valence-electron chi connectivity index (χ0n) is 20.6. The number of rotatable bonds is 9. The fourth-order valence-electron chi connectivity index (χ4n) is 4.26. The summed E-state index contributed by atoms with van der Waals surface area (Å²) in [7, 11) is 0. The molecule has 1 aliphatic rings. The maximum Gasteiger partial charge on any atom is 0.258 e. The van der Waals surface area contributed by atoms with Crippen LogP contribution in [-0.4, -0.2) is 69.6 Å². The average molecular weight is 515 g/mol. The van der Waals surface area contributed by atoms with Crippen LogP contribution in [0.3, 0.4) is 0 Å². The molecule has 9 nitrogen and oxygen atoms in total. The summed E-state index contributed by atoms with van der Waals surface area (Å²) < 4.78 is 11.2. The van der Waals surface area contributed by atoms with E-state index in [1.165, 1.54) is 5.56 Å². The predicted octanol–water partition coefficient (Wildman–Crippen LogP) is 2.98. The fraction of sp³-hybridized carbons (Fsp3) is 0.423. The standard InChI is InChI=1S/C26H31ClN4O5/c1-15(2)35-23-7-5-17(10-22(23)27)26-29-25(30-36-26)21-6-4-18-12-31(9-8-20(18)16(21)3)24(34)11-28-19(13-32)14-33/h4-7,10,15,19,28,32-33H,8-9,11-14H2,1-3H3. The van der Waals surface area contributed by atoms with Crippen molar-refractivity contribution in [1.29, 1.82) is 0 Å². The van der Waals surface area contributed by atoms with Crippen LogP contribution in [0.5, 0.6) is 5.75 Å². The number of benzene rings is 2. The second-order valence-electron chi connectivity index (χ2n) is 9.12. The van der Waals surface area contributed by atoms with Crippen LogP contribution < -0.4 is 10.1 Å². The monoisotopic (exact) mass is 514 g/mol. The van der Waals surface area contributed by atoms with Crippen LogP contribution in [0.2, 0.25) is 5.02 Å². The van der Waals surface area contributed by atoms with E-state index >= 15 is 0 Å². The number of carbonyl (C=O) groups excluding carboxylic acids is 1. The summed E-state index contributed by atoms with van der Waals surface area (Å²) in [6.07, 6.45) is 0.726. The Morgan fingerprint density at radius 1 is 1.25 bits per heavy atom. The number of halogens is 1. The lowest BCUT2D eigenvalue weighted by molar-refractivity contribution is -0.131. The van der Waals surface area contributed by atoms with Gasteiger partial charge in [0.2, 0.25) is 11.7 Å². The summed E-state index contributed by atoms with van der Waals surface area (Å²) in [5, 5.41) is 25.9. The molecule has 0 spiro atoms. The number of ether oxygens (including phenoxy) is 1. The van der Waals surface area contributed by atoms with Crippen molar-refractivity contribution in [3.8, 4) is 28.6 Å². The van der Waals surface area contributed by atoms with Crippen molar-refractivity contribution in [3.05, 3.63) is 52.0 Å². The summed E-state index contributed by atoms with van der Waals surface area (Å²) >= 11 is 6.37. The predicted molar refractivity (Wildman–Crippen MR) is 136 cm³/mol. The van der Waals surface area contributed by atoms with Gasteiger partial charge >= 0.3 is 0 Å². The number of nitrogens with one attached hydrogen (secondary N) is 1. The van der Waals surface area contributed by atoms with Crippen molar-refractivity contribution in [3.63, 3.8) is 0 Å². The topological polar surface area (TPSA) is 121 Å². The van der Waals surface area contributed by atoms with Crippen LogP contribution >= 0.6 is 11.6 Å². The Labute approximate surface area is 215 Å². The van der Waals surface area contributed by atoms with Crippen molar-refractivity contribution in [2.75, 3.05) is 26.3 Å². The van der Waals surface area contributed by atoms with Gasteiger partial charge in [-0.05, 0) is 62.1 Å². The molecular formula is C26H31ClN4O5. The molecule has 4 rings (SSSR count). The van der Waals surface area contributed by atoms with Crippen LogP contribution in [0.4, 0.5) is 0 Å². The lowest BCUT2D eigenvalue weighted by Gasteiger charge is -2.31. The van der Waals surface area contributed by atoms with Gasteiger partial charge in [-0.1, -0.05) is 28.9 Å². The van der Waals surface area contributed by atoms with Gasteiger partial charge in [-0.15, -0.1) is 0 Å². The molecule has 1 aromatic heterocycles. The molecule has 0 bridgehead atoms. The second kappa shape index (κ2) is 11.4. The average Bonchev–Trinajstić information content (AvgIpc) is 3.35. The minimum absolute atomic E-state index is 0.0158. The zero-order chi connectivity index (χ0) is 25.8. The molecule has 1 amide bonds. The SMILES string of the molecule is Cc1c(-c2noc(-c3ccc(OC(C)C)c(Cl)c3)n2)ccc2c1CCN(C(=O)CNC(CO)CO)C2. The molecule has 0 fully saturated rings. The van der Waals surface area contributed by atoms with Gasteiger partial charge in [0, 0.05) is 24.2 Å². The third-order valence-electron chi connectivity index (χ3n) is 6.23. The number of aromatic nitrogens is 2. The number of hydrogen-bond acceptors (Lipinski definition) is 8. The molecule has 0 unspecified atom stereocenters. The number of fused-ring (bicyclic) bond motifs is 1. The van der Waals surface area contributed by atoms with Crippen molar-refractivity contribution >= 4 is 17.5 Å². The van der Waals surface area contributed by atoms with Crippen molar-refractivity contribution < 1.29 is 24.3 Å². The van der Waals surface area contributed by atoms with Crippen molar-refractivity contribution in [1.82, 2.24) is 20.4 Å². The van der Waals surface area contributed by atoms with E-state index in [0.717, 1.165) is 16.7 Å². The fourth-order valence-corrected chi connectivity index (χ4v) is 4.48. The number of hydrogen-bond donors (Lipinski definition) is 3. The minimum Gasteiger partial charge on any atom is -0.489 e. The summed E-state index contributed by atoms with van der Waals surface area (Å²) in [6, 6.07) is 8.83. The molecule has 3 N–H and O–H groups in total. The van der Waals surface area contributed by atoms with Gasteiger partial charge in [-0.3, -0.25) is 4.79 Å².